The fourth-order valence-corrected chi connectivity index (χ4v) is 1.93. The van der Waals surface area contributed by atoms with Crippen molar-refractivity contribution in [2.24, 2.45) is 5.41 Å². The number of Topliss-reactive ketones (excluding diaryl/α,β-unsaturated/α-hetero) is 1. The Bertz CT molecular complexity index is 258. The smallest absolute Gasteiger partial charge is 0.146 e. The predicted molar refractivity (Wildman–Crippen MR) is 57.4 cm³/mol. The second kappa shape index (κ2) is 5.69. The molecule has 3 heteroatoms. The highest BCUT2D eigenvalue weighted by Crippen LogP contribution is 2.34. The molecule has 0 aromatic heterocycles. The number of ketones is 1. The quantitative estimate of drug-likeness (QED) is 0.397. The third kappa shape index (κ3) is 2.91. The highest BCUT2D eigenvalue weighted by atomic mass is 16.5. The van der Waals surface area contributed by atoms with E-state index < -0.39 is 5.41 Å². The topological polar surface area (TPSA) is 43.4 Å². The van der Waals surface area contributed by atoms with Gasteiger partial charge in [0.25, 0.3) is 0 Å². The van der Waals surface area contributed by atoms with Crippen LogP contribution in [0.5, 0.6) is 0 Å². The van der Waals surface area contributed by atoms with Gasteiger partial charge in [-0.2, -0.15) is 0 Å². The van der Waals surface area contributed by atoms with Crippen LogP contribution in [0.3, 0.4) is 0 Å². The minimum Gasteiger partial charge on any atom is -0.502 e. The molecule has 0 radical (unpaired) electrons. The van der Waals surface area contributed by atoms with Crippen molar-refractivity contribution in [2.75, 3.05) is 6.61 Å². The minimum absolute atomic E-state index is 0.0879. The van der Waals surface area contributed by atoms with E-state index in [1.165, 1.54) is 0 Å². The van der Waals surface area contributed by atoms with E-state index in [2.05, 4.69) is 0 Å². The molecule has 1 fully saturated rings. The summed E-state index contributed by atoms with van der Waals surface area (Å²) in [7, 11) is 0. The number of ether oxygens (including phenoxy) is 1. The maximum atomic E-state index is 11.7. The number of carbonyl (C=O) groups is 2. The molecule has 1 aliphatic rings. The SMILES string of the molecule is CCO/C=C\CC1(C=O)CCCCC1=O. The molecule has 0 N–H and O–H groups in total. The number of carbonyl (C=O) groups excluding carboxylic acids is 2. The zero-order valence-electron chi connectivity index (χ0n) is 9.20. The molecule has 1 saturated carbocycles. The molecule has 0 amide bonds. The molecule has 0 bridgehead atoms. The van der Waals surface area contributed by atoms with Crippen molar-refractivity contribution in [3.8, 4) is 0 Å². The van der Waals surface area contributed by atoms with Gasteiger partial charge in [0.1, 0.15) is 12.1 Å². The Morgan fingerprint density at radius 2 is 2.27 bits per heavy atom. The average molecular weight is 210 g/mol. The highest BCUT2D eigenvalue weighted by molar-refractivity contribution is 5.98. The molecule has 0 saturated heterocycles. The van der Waals surface area contributed by atoms with Crippen molar-refractivity contribution in [1.29, 1.82) is 0 Å². The second-order valence-electron chi connectivity index (χ2n) is 3.94. The van der Waals surface area contributed by atoms with E-state index in [9.17, 15) is 9.59 Å². The lowest BCUT2D eigenvalue weighted by atomic mass is 9.72. The van der Waals surface area contributed by atoms with Crippen LogP contribution in [0, 0.1) is 5.41 Å². The lowest BCUT2D eigenvalue weighted by Crippen LogP contribution is -2.35. The summed E-state index contributed by atoms with van der Waals surface area (Å²) in [6.45, 7) is 2.50. The van der Waals surface area contributed by atoms with Crippen molar-refractivity contribution in [2.45, 2.75) is 39.0 Å². The van der Waals surface area contributed by atoms with Gasteiger partial charge < -0.3 is 9.53 Å². The Morgan fingerprint density at radius 3 is 2.87 bits per heavy atom. The molecule has 1 atom stereocenters. The number of hydrogen-bond acceptors (Lipinski definition) is 3. The van der Waals surface area contributed by atoms with Crippen LogP contribution in [0.15, 0.2) is 12.3 Å². The highest BCUT2D eigenvalue weighted by Gasteiger charge is 2.38. The van der Waals surface area contributed by atoms with Crippen molar-refractivity contribution in [1.82, 2.24) is 0 Å². The molecular formula is C12H18O3. The molecule has 1 unspecified atom stereocenters. The Hall–Kier alpha value is -1.12. The fraction of sp³-hybridized carbons (Fsp3) is 0.667. The lowest BCUT2D eigenvalue weighted by Gasteiger charge is -2.29. The Balaban J connectivity index is 2.58. The van der Waals surface area contributed by atoms with Gasteiger partial charge in [-0.3, -0.25) is 4.79 Å². The molecule has 0 aromatic carbocycles. The zero-order valence-corrected chi connectivity index (χ0v) is 9.20. The van der Waals surface area contributed by atoms with Crippen LogP contribution in [0.1, 0.15) is 39.0 Å². The van der Waals surface area contributed by atoms with E-state index in [4.69, 9.17) is 4.74 Å². The van der Waals surface area contributed by atoms with Crippen LogP contribution in [0.2, 0.25) is 0 Å². The molecule has 0 aromatic rings. The Labute approximate surface area is 90.5 Å². The van der Waals surface area contributed by atoms with Crippen molar-refractivity contribution >= 4 is 12.1 Å². The first-order chi connectivity index (χ1) is 7.25. The summed E-state index contributed by atoms with van der Waals surface area (Å²) >= 11 is 0. The summed E-state index contributed by atoms with van der Waals surface area (Å²) in [6.07, 6.45) is 7.78. The van der Waals surface area contributed by atoms with Gasteiger partial charge in [0.05, 0.1) is 18.3 Å². The van der Waals surface area contributed by atoms with Crippen LogP contribution < -0.4 is 0 Å². The molecule has 1 aliphatic carbocycles. The monoisotopic (exact) mass is 210 g/mol. The maximum absolute atomic E-state index is 11.7. The lowest BCUT2D eigenvalue weighted by molar-refractivity contribution is -0.136. The summed E-state index contributed by atoms with van der Waals surface area (Å²) in [4.78, 5) is 22.8. The van der Waals surface area contributed by atoms with Crippen molar-refractivity contribution < 1.29 is 14.3 Å². The van der Waals surface area contributed by atoms with Gasteiger partial charge in [-0.1, -0.05) is 6.42 Å². The Kier molecular flexibility index (Phi) is 4.53. The predicted octanol–water partition coefficient (Wildman–Crippen LogP) is 2.26. The molecule has 15 heavy (non-hydrogen) atoms. The van der Waals surface area contributed by atoms with Crippen LogP contribution in [-0.4, -0.2) is 18.7 Å². The third-order valence-corrected chi connectivity index (χ3v) is 2.90. The average Bonchev–Trinajstić information content (AvgIpc) is 2.27. The molecule has 1 rings (SSSR count). The van der Waals surface area contributed by atoms with Crippen molar-refractivity contribution in [3.05, 3.63) is 12.3 Å². The van der Waals surface area contributed by atoms with E-state index in [0.717, 1.165) is 19.1 Å². The standard InChI is InChI=1S/C12H18O3/c1-2-15-9-5-8-12(10-13)7-4-3-6-11(12)14/h5,9-10H,2-4,6-8H2,1H3/b9-5-. The van der Waals surface area contributed by atoms with E-state index >= 15 is 0 Å². The minimum atomic E-state index is -0.758. The van der Waals surface area contributed by atoms with E-state index in [-0.39, 0.29) is 5.78 Å². The summed E-state index contributed by atoms with van der Waals surface area (Å²) in [5.74, 6) is 0.0879. The van der Waals surface area contributed by atoms with Gasteiger partial charge in [-0.05, 0) is 32.3 Å². The first kappa shape index (κ1) is 12.0. The first-order valence-corrected chi connectivity index (χ1v) is 5.51. The van der Waals surface area contributed by atoms with Gasteiger partial charge in [-0.25, -0.2) is 0 Å². The zero-order chi connectivity index (χ0) is 11.1. The molecule has 0 aliphatic heterocycles. The molecule has 0 heterocycles. The van der Waals surface area contributed by atoms with E-state index in [1.807, 2.05) is 6.92 Å². The fourth-order valence-electron chi connectivity index (χ4n) is 1.93. The second-order valence-corrected chi connectivity index (χ2v) is 3.94. The van der Waals surface area contributed by atoms with Crippen LogP contribution in [-0.2, 0) is 14.3 Å². The Morgan fingerprint density at radius 1 is 1.47 bits per heavy atom. The molecule has 84 valence electrons. The largest absolute Gasteiger partial charge is 0.502 e. The van der Waals surface area contributed by atoms with Crippen LogP contribution in [0.4, 0.5) is 0 Å². The first-order valence-electron chi connectivity index (χ1n) is 5.51. The van der Waals surface area contributed by atoms with Gasteiger partial charge >= 0.3 is 0 Å². The summed E-state index contributed by atoms with van der Waals surface area (Å²) < 4.78 is 5.04. The molecule has 3 nitrogen and oxygen atoms in total. The van der Waals surface area contributed by atoms with Gasteiger partial charge in [-0.15, -0.1) is 0 Å². The van der Waals surface area contributed by atoms with Crippen LogP contribution >= 0.6 is 0 Å². The number of allylic oxidation sites excluding steroid dienone is 1. The van der Waals surface area contributed by atoms with Crippen LogP contribution in [0.25, 0.3) is 0 Å². The molecular weight excluding hydrogens is 192 g/mol. The van der Waals surface area contributed by atoms with Gasteiger partial charge in [0.15, 0.2) is 0 Å². The summed E-state index contributed by atoms with van der Waals surface area (Å²) in [6, 6.07) is 0. The number of aldehydes is 1. The molecule has 0 spiro atoms. The maximum Gasteiger partial charge on any atom is 0.146 e. The number of hydrogen-bond donors (Lipinski definition) is 0. The number of rotatable bonds is 5. The normalized spacial score (nSPS) is 26.9. The van der Waals surface area contributed by atoms with Gasteiger partial charge in [0, 0.05) is 6.42 Å². The van der Waals surface area contributed by atoms with Crippen molar-refractivity contribution in [3.63, 3.8) is 0 Å². The van der Waals surface area contributed by atoms with E-state index in [0.29, 0.717) is 25.9 Å². The summed E-state index contributed by atoms with van der Waals surface area (Å²) in [5.41, 5.74) is -0.758. The third-order valence-electron chi connectivity index (χ3n) is 2.90. The van der Waals surface area contributed by atoms with Gasteiger partial charge in [0.2, 0.25) is 0 Å². The van der Waals surface area contributed by atoms with E-state index in [1.54, 1.807) is 12.3 Å². The summed E-state index contributed by atoms with van der Waals surface area (Å²) in [5, 5.41) is 0.